The molecule has 1 aromatic heterocycles. The van der Waals surface area contributed by atoms with Gasteiger partial charge in [0.15, 0.2) is 0 Å². The molecule has 0 aliphatic carbocycles. The Balaban J connectivity index is 2.14. The highest BCUT2D eigenvalue weighted by Crippen LogP contribution is 2.11. The van der Waals surface area contributed by atoms with Gasteiger partial charge in [-0.2, -0.15) is 0 Å². The quantitative estimate of drug-likeness (QED) is 0.632. The zero-order chi connectivity index (χ0) is 9.10. The minimum atomic E-state index is 0.483. The summed E-state index contributed by atoms with van der Waals surface area (Å²) in [6.45, 7) is 3.13. The van der Waals surface area contributed by atoms with Crippen LogP contribution in [0, 0.1) is 0 Å². The van der Waals surface area contributed by atoms with E-state index in [9.17, 15) is 0 Å². The lowest BCUT2D eigenvalue weighted by atomic mass is 10.4. The van der Waals surface area contributed by atoms with Crippen LogP contribution >= 0.6 is 11.6 Å². The van der Waals surface area contributed by atoms with Crippen molar-refractivity contribution in [3.63, 3.8) is 0 Å². The van der Waals surface area contributed by atoms with Crippen LogP contribution in [0.2, 0.25) is 5.15 Å². The van der Waals surface area contributed by atoms with Gasteiger partial charge in [0, 0.05) is 19.3 Å². The molecule has 0 N–H and O–H groups in total. The largest absolute Gasteiger partial charge is 0.378 e. The van der Waals surface area contributed by atoms with Gasteiger partial charge >= 0.3 is 0 Å². The number of morpholine rings is 1. The molecule has 0 spiro atoms. The lowest BCUT2D eigenvalue weighted by Gasteiger charge is -2.26. The second kappa shape index (κ2) is 3.89. The van der Waals surface area contributed by atoms with Crippen molar-refractivity contribution >= 4 is 17.5 Å². The first-order valence-corrected chi connectivity index (χ1v) is 4.55. The number of aromatic nitrogens is 2. The Kier molecular flexibility index (Phi) is 2.61. The average molecular weight is 200 g/mol. The molecule has 1 aromatic rings. The van der Waals surface area contributed by atoms with Crippen LogP contribution in [-0.4, -0.2) is 36.3 Å². The van der Waals surface area contributed by atoms with Gasteiger partial charge in [-0.25, -0.2) is 9.97 Å². The van der Waals surface area contributed by atoms with E-state index < -0.39 is 0 Å². The van der Waals surface area contributed by atoms with Crippen molar-refractivity contribution in [3.05, 3.63) is 17.4 Å². The summed E-state index contributed by atoms with van der Waals surface area (Å²) >= 11 is 5.76. The van der Waals surface area contributed by atoms with Crippen molar-refractivity contribution in [3.8, 4) is 0 Å². The third kappa shape index (κ3) is 2.08. The van der Waals surface area contributed by atoms with Crippen molar-refractivity contribution in [2.45, 2.75) is 0 Å². The number of halogens is 1. The predicted octanol–water partition coefficient (Wildman–Crippen LogP) is 0.967. The molecular formula is C8H10ClN3O. The molecule has 1 aliphatic rings. The lowest BCUT2D eigenvalue weighted by Crippen LogP contribution is -2.37. The molecule has 5 heteroatoms. The highest BCUT2D eigenvalue weighted by Gasteiger charge is 2.13. The summed E-state index contributed by atoms with van der Waals surface area (Å²) in [5, 5.41) is 0.483. The van der Waals surface area contributed by atoms with E-state index in [0.717, 1.165) is 26.3 Å². The number of hydrogen-bond donors (Lipinski definition) is 0. The fourth-order valence-corrected chi connectivity index (χ4v) is 1.37. The molecule has 0 unspecified atom stereocenters. The smallest absolute Gasteiger partial charge is 0.226 e. The van der Waals surface area contributed by atoms with E-state index in [2.05, 4.69) is 14.9 Å². The molecule has 2 rings (SSSR count). The van der Waals surface area contributed by atoms with Crippen LogP contribution in [0.3, 0.4) is 0 Å². The molecule has 2 heterocycles. The van der Waals surface area contributed by atoms with E-state index in [1.165, 1.54) is 0 Å². The van der Waals surface area contributed by atoms with E-state index in [-0.39, 0.29) is 0 Å². The van der Waals surface area contributed by atoms with Gasteiger partial charge < -0.3 is 9.64 Å². The van der Waals surface area contributed by atoms with Crippen LogP contribution in [0.1, 0.15) is 0 Å². The fraction of sp³-hybridized carbons (Fsp3) is 0.500. The minimum absolute atomic E-state index is 0.483. The summed E-state index contributed by atoms with van der Waals surface area (Å²) in [6, 6.07) is 1.67. The summed E-state index contributed by atoms with van der Waals surface area (Å²) in [5.41, 5.74) is 0. The Labute approximate surface area is 81.5 Å². The highest BCUT2D eigenvalue weighted by molar-refractivity contribution is 6.29. The summed E-state index contributed by atoms with van der Waals surface area (Å²) < 4.78 is 5.22. The first-order valence-electron chi connectivity index (χ1n) is 4.17. The molecule has 0 saturated carbocycles. The van der Waals surface area contributed by atoms with Crippen LogP contribution in [0.4, 0.5) is 5.95 Å². The molecule has 70 valence electrons. The number of anilines is 1. The summed E-state index contributed by atoms with van der Waals surface area (Å²) in [5.74, 6) is 0.691. The van der Waals surface area contributed by atoms with Crippen LogP contribution < -0.4 is 4.90 Å². The Morgan fingerprint density at radius 3 is 2.85 bits per heavy atom. The summed E-state index contributed by atoms with van der Waals surface area (Å²) in [4.78, 5) is 10.3. The van der Waals surface area contributed by atoms with Gasteiger partial charge in [-0.3, -0.25) is 0 Å². The third-order valence-electron chi connectivity index (χ3n) is 1.90. The molecule has 0 bridgehead atoms. The van der Waals surface area contributed by atoms with Gasteiger partial charge in [0.05, 0.1) is 13.2 Å². The maximum atomic E-state index is 5.76. The third-order valence-corrected chi connectivity index (χ3v) is 2.11. The molecule has 0 amide bonds. The maximum absolute atomic E-state index is 5.76. The van der Waals surface area contributed by atoms with Gasteiger partial charge in [0.1, 0.15) is 5.15 Å². The Hall–Kier alpha value is -0.870. The monoisotopic (exact) mass is 199 g/mol. The average Bonchev–Trinajstić information content (AvgIpc) is 2.19. The van der Waals surface area contributed by atoms with Crippen LogP contribution in [0.25, 0.3) is 0 Å². The van der Waals surface area contributed by atoms with Gasteiger partial charge in [-0.1, -0.05) is 11.6 Å². The normalized spacial score (nSPS) is 17.5. The molecular weight excluding hydrogens is 190 g/mol. The second-order valence-electron chi connectivity index (χ2n) is 2.78. The maximum Gasteiger partial charge on any atom is 0.226 e. The predicted molar refractivity (Wildman–Crippen MR) is 50.1 cm³/mol. The molecule has 1 aliphatic heterocycles. The van der Waals surface area contributed by atoms with Crippen molar-refractivity contribution in [2.75, 3.05) is 31.2 Å². The number of hydrogen-bond acceptors (Lipinski definition) is 4. The van der Waals surface area contributed by atoms with Crippen LogP contribution in [0.15, 0.2) is 12.3 Å². The van der Waals surface area contributed by atoms with E-state index >= 15 is 0 Å². The fourth-order valence-electron chi connectivity index (χ4n) is 1.24. The van der Waals surface area contributed by atoms with E-state index in [1.807, 2.05) is 0 Å². The van der Waals surface area contributed by atoms with E-state index in [4.69, 9.17) is 16.3 Å². The first kappa shape index (κ1) is 8.72. The van der Waals surface area contributed by atoms with E-state index in [0.29, 0.717) is 11.1 Å². The zero-order valence-electron chi connectivity index (χ0n) is 7.11. The SMILES string of the molecule is Clc1ccnc(N2CCOCC2)n1. The summed E-state index contributed by atoms with van der Waals surface area (Å²) in [6.07, 6.45) is 1.67. The number of nitrogens with zero attached hydrogens (tertiary/aromatic N) is 3. The van der Waals surface area contributed by atoms with E-state index in [1.54, 1.807) is 12.3 Å². The molecule has 1 saturated heterocycles. The van der Waals surface area contributed by atoms with Crippen LogP contribution in [0.5, 0.6) is 0 Å². The molecule has 0 aromatic carbocycles. The van der Waals surface area contributed by atoms with Crippen molar-refractivity contribution in [2.24, 2.45) is 0 Å². The Morgan fingerprint density at radius 1 is 1.38 bits per heavy atom. The Morgan fingerprint density at radius 2 is 2.15 bits per heavy atom. The van der Waals surface area contributed by atoms with Gasteiger partial charge in [-0.05, 0) is 6.07 Å². The van der Waals surface area contributed by atoms with Crippen molar-refractivity contribution in [1.82, 2.24) is 9.97 Å². The van der Waals surface area contributed by atoms with Gasteiger partial charge in [-0.15, -0.1) is 0 Å². The topological polar surface area (TPSA) is 38.2 Å². The standard InChI is InChI=1S/C8H10ClN3O/c9-7-1-2-10-8(11-7)12-3-5-13-6-4-12/h1-2H,3-6H2. The molecule has 0 radical (unpaired) electrons. The van der Waals surface area contributed by atoms with Gasteiger partial charge in [0.2, 0.25) is 5.95 Å². The van der Waals surface area contributed by atoms with Crippen molar-refractivity contribution < 1.29 is 4.74 Å². The molecule has 0 atom stereocenters. The zero-order valence-corrected chi connectivity index (χ0v) is 7.87. The molecule has 13 heavy (non-hydrogen) atoms. The van der Waals surface area contributed by atoms with Gasteiger partial charge in [0.25, 0.3) is 0 Å². The van der Waals surface area contributed by atoms with Crippen molar-refractivity contribution in [1.29, 1.82) is 0 Å². The number of rotatable bonds is 1. The molecule has 1 fully saturated rings. The van der Waals surface area contributed by atoms with Crippen LogP contribution in [-0.2, 0) is 4.74 Å². The first-order chi connectivity index (χ1) is 6.36. The second-order valence-corrected chi connectivity index (χ2v) is 3.17. The minimum Gasteiger partial charge on any atom is -0.378 e. The highest BCUT2D eigenvalue weighted by atomic mass is 35.5. The summed E-state index contributed by atoms with van der Waals surface area (Å²) in [7, 11) is 0. The number of ether oxygens (including phenoxy) is 1. The Bertz CT molecular complexity index is 288. The lowest BCUT2D eigenvalue weighted by molar-refractivity contribution is 0.122. The molecule has 4 nitrogen and oxygen atoms in total.